The number of carbonyl (C=O) groups is 1. The van der Waals surface area contributed by atoms with Crippen LogP contribution in [0.25, 0.3) is 0 Å². The summed E-state index contributed by atoms with van der Waals surface area (Å²) in [6, 6.07) is 5.99. The molecule has 0 fully saturated rings. The first kappa shape index (κ1) is 15.5. The number of hydrogen-bond donors (Lipinski definition) is 2. The summed E-state index contributed by atoms with van der Waals surface area (Å²) in [6.07, 6.45) is 5.47. The van der Waals surface area contributed by atoms with E-state index in [1.165, 1.54) is 31.2 Å². The third-order valence-corrected chi connectivity index (χ3v) is 3.20. The van der Waals surface area contributed by atoms with Crippen molar-refractivity contribution in [2.24, 2.45) is 0 Å². The fourth-order valence-electron chi connectivity index (χ4n) is 2.01. The van der Waals surface area contributed by atoms with Crippen molar-refractivity contribution in [1.82, 2.24) is 0 Å². The van der Waals surface area contributed by atoms with Crippen molar-refractivity contribution in [3.63, 3.8) is 0 Å². The van der Waals surface area contributed by atoms with Gasteiger partial charge in [-0.25, -0.2) is 0 Å². The number of carbonyl (C=O) groups excluding carboxylic acids is 1. The maximum absolute atomic E-state index is 11.5. The van der Waals surface area contributed by atoms with E-state index in [0.717, 1.165) is 17.9 Å². The molecule has 0 saturated heterocycles. The first-order valence-electron chi connectivity index (χ1n) is 7.32. The molecule has 0 bridgehead atoms. The lowest BCUT2D eigenvalue weighted by Gasteiger charge is -2.15. The molecular weight excluding hydrogens is 236 g/mol. The maximum Gasteiger partial charge on any atom is 0.224 e. The SMILES string of the molecule is CCCCCCNc1c(C)cccc1NC(=O)CC. The second-order valence-electron chi connectivity index (χ2n) is 4.89. The Bertz CT molecular complexity index is 402. The van der Waals surface area contributed by atoms with E-state index in [0.29, 0.717) is 6.42 Å². The first-order valence-corrected chi connectivity index (χ1v) is 7.32. The van der Waals surface area contributed by atoms with Gasteiger partial charge in [0.1, 0.15) is 0 Å². The predicted molar refractivity (Wildman–Crippen MR) is 82.7 cm³/mol. The summed E-state index contributed by atoms with van der Waals surface area (Å²) in [7, 11) is 0. The Kier molecular flexibility index (Phi) is 7.01. The fraction of sp³-hybridized carbons (Fsp3) is 0.562. The Hall–Kier alpha value is -1.51. The lowest BCUT2D eigenvalue weighted by atomic mass is 10.1. The van der Waals surface area contributed by atoms with Crippen molar-refractivity contribution in [3.05, 3.63) is 23.8 Å². The van der Waals surface area contributed by atoms with Gasteiger partial charge in [-0.1, -0.05) is 45.2 Å². The van der Waals surface area contributed by atoms with E-state index in [1.807, 2.05) is 19.1 Å². The van der Waals surface area contributed by atoms with E-state index in [1.54, 1.807) is 0 Å². The number of amides is 1. The molecule has 19 heavy (non-hydrogen) atoms. The first-order chi connectivity index (χ1) is 9.19. The molecule has 0 atom stereocenters. The molecule has 0 aromatic heterocycles. The quantitative estimate of drug-likeness (QED) is 0.684. The van der Waals surface area contributed by atoms with Crippen molar-refractivity contribution in [2.75, 3.05) is 17.2 Å². The minimum atomic E-state index is 0.0552. The van der Waals surface area contributed by atoms with E-state index in [-0.39, 0.29) is 5.91 Å². The van der Waals surface area contributed by atoms with E-state index in [4.69, 9.17) is 0 Å². The highest BCUT2D eigenvalue weighted by Gasteiger charge is 2.07. The van der Waals surface area contributed by atoms with Crippen LogP contribution < -0.4 is 10.6 Å². The van der Waals surface area contributed by atoms with Crippen LogP contribution in [0.1, 0.15) is 51.5 Å². The minimum Gasteiger partial charge on any atom is -0.383 e. The van der Waals surface area contributed by atoms with Gasteiger partial charge in [0.2, 0.25) is 5.91 Å². The molecule has 106 valence electrons. The molecule has 0 unspecified atom stereocenters. The van der Waals surface area contributed by atoms with Crippen LogP contribution in [0.4, 0.5) is 11.4 Å². The summed E-state index contributed by atoms with van der Waals surface area (Å²) in [5.74, 6) is 0.0552. The summed E-state index contributed by atoms with van der Waals surface area (Å²) < 4.78 is 0. The van der Waals surface area contributed by atoms with E-state index in [2.05, 4.69) is 30.5 Å². The molecule has 0 aliphatic carbocycles. The minimum absolute atomic E-state index is 0.0552. The Labute approximate surface area is 116 Å². The zero-order valence-corrected chi connectivity index (χ0v) is 12.4. The Morgan fingerprint density at radius 3 is 2.63 bits per heavy atom. The summed E-state index contributed by atoms with van der Waals surface area (Å²) in [6.45, 7) is 7.10. The highest BCUT2D eigenvalue weighted by Crippen LogP contribution is 2.25. The molecule has 1 amide bonds. The normalized spacial score (nSPS) is 10.3. The molecule has 3 heteroatoms. The number of aryl methyl sites for hydroxylation is 1. The molecule has 1 aromatic rings. The zero-order valence-electron chi connectivity index (χ0n) is 12.4. The topological polar surface area (TPSA) is 41.1 Å². The smallest absolute Gasteiger partial charge is 0.224 e. The highest BCUT2D eigenvalue weighted by molar-refractivity contribution is 5.94. The van der Waals surface area contributed by atoms with Gasteiger partial charge >= 0.3 is 0 Å². The van der Waals surface area contributed by atoms with E-state index < -0.39 is 0 Å². The third-order valence-electron chi connectivity index (χ3n) is 3.20. The lowest BCUT2D eigenvalue weighted by Crippen LogP contribution is -2.13. The van der Waals surface area contributed by atoms with Crippen molar-refractivity contribution in [3.8, 4) is 0 Å². The van der Waals surface area contributed by atoms with Gasteiger partial charge in [-0.2, -0.15) is 0 Å². The van der Waals surface area contributed by atoms with Crippen LogP contribution in [0.2, 0.25) is 0 Å². The molecular formula is C16H26N2O. The van der Waals surface area contributed by atoms with Gasteiger partial charge in [-0.05, 0) is 25.0 Å². The number of nitrogens with one attached hydrogen (secondary N) is 2. The Balaban J connectivity index is 2.61. The average Bonchev–Trinajstić information content (AvgIpc) is 2.41. The molecule has 2 N–H and O–H groups in total. The molecule has 0 aliphatic rings. The van der Waals surface area contributed by atoms with Gasteiger partial charge in [0.25, 0.3) is 0 Å². The van der Waals surface area contributed by atoms with Crippen LogP contribution in [0, 0.1) is 6.92 Å². The van der Waals surface area contributed by atoms with Crippen molar-refractivity contribution >= 4 is 17.3 Å². The predicted octanol–water partition coefficient (Wildman–Crippen LogP) is 4.34. The van der Waals surface area contributed by atoms with Crippen LogP contribution in [-0.2, 0) is 4.79 Å². The van der Waals surface area contributed by atoms with Crippen molar-refractivity contribution < 1.29 is 4.79 Å². The highest BCUT2D eigenvalue weighted by atomic mass is 16.1. The molecule has 0 saturated carbocycles. The molecule has 0 radical (unpaired) electrons. The number of anilines is 2. The molecule has 1 rings (SSSR count). The molecule has 0 spiro atoms. The van der Waals surface area contributed by atoms with Gasteiger partial charge in [0, 0.05) is 13.0 Å². The summed E-state index contributed by atoms with van der Waals surface area (Å²) in [5, 5.41) is 6.41. The second kappa shape index (κ2) is 8.57. The van der Waals surface area contributed by atoms with Crippen LogP contribution in [0.3, 0.4) is 0 Å². The molecule has 0 heterocycles. The number of unbranched alkanes of at least 4 members (excludes halogenated alkanes) is 3. The zero-order chi connectivity index (χ0) is 14.1. The van der Waals surface area contributed by atoms with Gasteiger partial charge in [0.05, 0.1) is 11.4 Å². The number of benzene rings is 1. The van der Waals surface area contributed by atoms with Crippen LogP contribution in [0.15, 0.2) is 18.2 Å². The third kappa shape index (κ3) is 5.33. The number of hydrogen-bond acceptors (Lipinski definition) is 2. The Morgan fingerprint density at radius 1 is 1.16 bits per heavy atom. The largest absolute Gasteiger partial charge is 0.383 e. The van der Waals surface area contributed by atoms with Crippen molar-refractivity contribution in [1.29, 1.82) is 0 Å². The molecule has 0 aliphatic heterocycles. The number of para-hydroxylation sites is 1. The maximum atomic E-state index is 11.5. The summed E-state index contributed by atoms with van der Waals surface area (Å²) in [5.41, 5.74) is 3.12. The van der Waals surface area contributed by atoms with Crippen LogP contribution in [-0.4, -0.2) is 12.5 Å². The summed E-state index contributed by atoms with van der Waals surface area (Å²) in [4.78, 5) is 11.5. The van der Waals surface area contributed by atoms with Crippen LogP contribution in [0.5, 0.6) is 0 Å². The van der Waals surface area contributed by atoms with Gasteiger partial charge in [-0.15, -0.1) is 0 Å². The van der Waals surface area contributed by atoms with E-state index >= 15 is 0 Å². The lowest BCUT2D eigenvalue weighted by molar-refractivity contribution is -0.115. The average molecular weight is 262 g/mol. The molecule has 3 nitrogen and oxygen atoms in total. The number of rotatable bonds is 8. The van der Waals surface area contributed by atoms with Gasteiger partial charge in [-0.3, -0.25) is 4.79 Å². The van der Waals surface area contributed by atoms with Gasteiger partial charge in [0.15, 0.2) is 0 Å². The van der Waals surface area contributed by atoms with Crippen LogP contribution >= 0.6 is 0 Å². The second-order valence-corrected chi connectivity index (χ2v) is 4.89. The fourth-order valence-corrected chi connectivity index (χ4v) is 2.01. The standard InChI is InChI=1S/C16H26N2O/c1-4-6-7-8-12-17-16-13(3)10-9-11-14(16)18-15(19)5-2/h9-11,17H,4-8,12H2,1-3H3,(H,18,19). The van der Waals surface area contributed by atoms with E-state index in [9.17, 15) is 4.79 Å². The van der Waals surface area contributed by atoms with Gasteiger partial charge < -0.3 is 10.6 Å². The summed E-state index contributed by atoms with van der Waals surface area (Å²) >= 11 is 0. The monoisotopic (exact) mass is 262 g/mol. The Morgan fingerprint density at radius 2 is 1.95 bits per heavy atom. The van der Waals surface area contributed by atoms with Crippen molar-refractivity contribution in [2.45, 2.75) is 52.9 Å². The molecule has 1 aromatic carbocycles.